The van der Waals surface area contributed by atoms with Crippen LogP contribution < -0.4 is 14.8 Å². The van der Waals surface area contributed by atoms with E-state index in [0.29, 0.717) is 34.4 Å². The molecule has 0 radical (unpaired) electrons. The molecule has 4 aromatic rings. The van der Waals surface area contributed by atoms with E-state index < -0.39 is 11.9 Å². The number of hydrogen-bond acceptors (Lipinski definition) is 6. The Labute approximate surface area is 204 Å². The van der Waals surface area contributed by atoms with Crippen molar-refractivity contribution in [2.45, 2.75) is 6.42 Å². The monoisotopic (exact) mass is 494 g/mol. The van der Waals surface area contributed by atoms with Gasteiger partial charge in [0.1, 0.15) is 23.1 Å². The van der Waals surface area contributed by atoms with Crippen LogP contribution in [0.2, 0.25) is 5.02 Å². The first kappa shape index (κ1) is 23.3. The van der Waals surface area contributed by atoms with Crippen molar-refractivity contribution < 1.29 is 24.2 Å². The lowest BCUT2D eigenvalue weighted by Crippen LogP contribution is -2.14. The molecule has 0 saturated carbocycles. The van der Waals surface area contributed by atoms with Crippen LogP contribution in [0.15, 0.2) is 78.3 Å². The van der Waals surface area contributed by atoms with Crippen LogP contribution in [0.1, 0.15) is 25.6 Å². The van der Waals surface area contributed by atoms with Crippen molar-refractivity contribution in [1.82, 2.24) is 4.98 Å². The second-order valence-corrected chi connectivity index (χ2v) is 8.59. The Hall–Kier alpha value is -3.88. The highest BCUT2D eigenvalue weighted by Gasteiger charge is 2.13. The van der Waals surface area contributed by atoms with E-state index in [-0.39, 0.29) is 11.4 Å². The van der Waals surface area contributed by atoms with Gasteiger partial charge in [0.25, 0.3) is 5.91 Å². The largest absolute Gasteiger partial charge is 0.493 e. The first-order valence-corrected chi connectivity index (χ1v) is 11.5. The molecule has 0 unspecified atom stereocenters. The van der Waals surface area contributed by atoms with E-state index in [1.807, 2.05) is 17.5 Å². The number of anilines is 1. The van der Waals surface area contributed by atoms with Crippen LogP contribution in [0, 0.1) is 0 Å². The third kappa shape index (κ3) is 6.34. The summed E-state index contributed by atoms with van der Waals surface area (Å²) >= 11 is 7.60. The molecule has 9 heteroatoms. The van der Waals surface area contributed by atoms with Gasteiger partial charge < -0.3 is 19.9 Å². The number of aromatic carboxylic acids is 1. The minimum Gasteiger partial charge on any atom is -0.493 e. The quantitative estimate of drug-likeness (QED) is 0.289. The topological polar surface area (TPSA) is 97.8 Å². The predicted octanol–water partition coefficient (Wildman–Crippen LogP) is 6.16. The van der Waals surface area contributed by atoms with Gasteiger partial charge in [-0.3, -0.25) is 4.79 Å². The van der Waals surface area contributed by atoms with Crippen molar-refractivity contribution in [2.75, 3.05) is 11.9 Å². The SMILES string of the molecule is O=C(O)c1ccc(NC(=O)c2cc(OCCc3cccs3)cc(Oc3ccc(Cl)cc3)c2)nc1. The number of nitrogens with zero attached hydrogens (tertiary/aromatic N) is 1. The molecule has 2 aromatic carbocycles. The molecule has 0 aliphatic heterocycles. The molecular weight excluding hydrogens is 476 g/mol. The van der Waals surface area contributed by atoms with Crippen molar-refractivity contribution in [2.24, 2.45) is 0 Å². The fourth-order valence-electron chi connectivity index (χ4n) is 2.99. The van der Waals surface area contributed by atoms with Crippen molar-refractivity contribution in [1.29, 1.82) is 0 Å². The van der Waals surface area contributed by atoms with Gasteiger partial charge in [0, 0.05) is 34.1 Å². The van der Waals surface area contributed by atoms with Gasteiger partial charge >= 0.3 is 5.97 Å². The zero-order valence-corrected chi connectivity index (χ0v) is 19.3. The number of thiophene rings is 1. The van der Waals surface area contributed by atoms with Crippen molar-refractivity contribution in [3.8, 4) is 17.2 Å². The summed E-state index contributed by atoms with van der Waals surface area (Å²) in [7, 11) is 0. The van der Waals surface area contributed by atoms with E-state index in [1.165, 1.54) is 23.2 Å². The van der Waals surface area contributed by atoms with Gasteiger partial charge in [-0.25, -0.2) is 9.78 Å². The van der Waals surface area contributed by atoms with Gasteiger partial charge in [-0.15, -0.1) is 11.3 Å². The summed E-state index contributed by atoms with van der Waals surface area (Å²) in [6.45, 7) is 0.435. The summed E-state index contributed by atoms with van der Waals surface area (Å²) in [6, 6.07) is 18.6. The number of benzene rings is 2. The molecule has 4 rings (SSSR count). The Bertz CT molecular complexity index is 1280. The lowest BCUT2D eigenvalue weighted by atomic mass is 10.2. The minimum atomic E-state index is -1.10. The summed E-state index contributed by atoms with van der Waals surface area (Å²) in [4.78, 5) is 29.1. The Morgan fingerprint density at radius 3 is 2.44 bits per heavy atom. The van der Waals surface area contributed by atoms with Crippen LogP contribution in [0.3, 0.4) is 0 Å². The van der Waals surface area contributed by atoms with Crippen LogP contribution in [0.25, 0.3) is 0 Å². The molecule has 0 atom stereocenters. The van der Waals surface area contributed by atoms with Gasteiger partial charge in [0.05, 0.1) is 12.2 Å². The Morgan fingerprint density at radius 1 is 0.971 bits per heavy atom. The number of nitrogens with one attached hydrogen (secondary N) is 1. The number of ether oxygens (including phenoxy) is 2. The van der Waals surface area contributed by atoms with Gasteiger partial charge in [0.15, 0.2) is 0 Å². The molecule has 0 spiro atoms. The Morgan fingerprint density at radius 2 is 1.76 bits per heavy atom. The van der Waals surface area contributed by atoms with Crippen LogP contribution >= 0.6 is 22.9 Å². The fraction of sp³-hybridized carbons (Fsp3) is 0.0800. The summed E-state index contributed by atoms with van der Waals surface area (Å²) in [6.07, 6.45) is 1.92. The zero-order valence-electron chi connectivity index (χ0n) is 17.7. The highest BCUT2D eigenvalue weighted by Crippen LogP contribution is 2.29. The number of pyridine rings is 1. The molecular formula is C25H19ClN2O5S. The number of aromatic nitrogens is 1. The van der Waals surface area contributed by atoms with Crippen LogP contribution in [0.4, 0.5) is 5.82 Å². The minimum absolute atomic E-state index is 0.0257. The van der Waals surface area contributed by atoms with Gasteiger partial charge in [0.2, 0.25) is 0 Å². The molecule has 0 aliphatic carbocycles. The van der Waals surface area contributed by atoms with E-state index in [2.05, 4.69) is 10.3 Å². The van der Waals surface area contributed by atoms with Crippen LogP contribution in [-0.4, -0.2) is 28.6 Å². The maximum Gasteiger partial charge on any atom is 0.337 e. The van der Waals surface area contributed by atoms with Gasteiger partial charge in [-0.2, -0.15) is 0 Å². The van der Waals surface area contributed by atoms with E-state index >= 15 is 0 Å². The molecule has 2 N–H and O–H groups in total. The smallest absolute Gasteiger partial charge is 0.337 e. The fourth-order valence-corrected chi connectivity index (χ4v) is 3.81. The Balaban J connectivity index is 1.53. The van der Waals surface area contributed by atoms with E-state index in [1.54, 1.807) is 53.8 Å². The molecule has 2 aromatic heterocycles. The molecule has 0 saturated heterocycles. The van der Waals surface area contributed by atoms with Crippen molar-refractivity contribution in [3.63, 3.8) is 0 Å². The number of hydrogen-bond donors (Lipinski definition) is 2. The lowest BCUT2D eigenvalue weighted by Gasteiger charge is -2.12. The average Bonchev–Trinajstić information content (AvgIpc) is 3.34. The third-order valence-corrected chi connectivity index (χ3v) is 5.83. The van der Waals surface area contributed by atoms with E-state index in [0.717, 1.165) is 6.42 Å². The van der Waals surface area contributed by atoms with Crippen LogP contribution in [-0.2, 0) is 6.42 Å². The van der Waals surface area contributed by atoms with Gasteiger partial charge in [-0.05, 0) is 60.0 Å². The van der Waals surface area contributed by atoms with Crippen molar-refractivity contribution >= 4 is 40.6 Å². The maximum absolute atomic E-state index is 12.9. The molecule has 0 bridgehead atoms. The number of carbonyl (C=O) groups excluding carboxylic acids is 1. The highest BCUT2D eigenvalue weighted by atomic mass is 35.5. The number of rotatable bonds is 9. The standard InChI is InChI=1S/C25H19ClN2O5S/c26-18-4-6-19(7-5-18)33-21-13-17(12-20(14-21)32-10-9-22-2-1-11-34-22)24(29)28-23-8-3-16(15-27-23)25(30)31/h1-8,11-15H,9-10H2,(H,30,31)(H,27,28,29). The molecule has 2 heterocycles. The molecule has 172 valence electrons. The number of carboxylic acid groups (broad SMARTS) is 1. The predicted molar refractivity (Wildman–Crippen MR) is 131 cm³/mol. The first-order chi connectivity index (χ1) is 16.5. The number of carbonyl (C=O) groups is 2. The summed E-state index contributed by atoms with van der Waals surface area (Å²) in [5.41, 5.74) is 0.319. The van der Waals surface area contributed by atoms with Gasteiger partial charge in [-0.1, -0.05) is 17.7 Å². The first-order valence-electron chi connectivity index (χ1n) is 10.2. The second kappa shape index (κ2) is 10.8. The number of amides is 1. The molecule has 0 fully saturated rings. The molecule has 34 heavy (non-hydrogen) atoms. The second-order valence-electron chi connectivity index (χ2n) is 7.12. The Kier molecular flexibility index (Phi) is 7.41. The summed E-state index contributed by atoms with van der Waals surface area (Å²) in [5, 5.41) is 14.3. The summed E-state index contributed by atoms with van der Waals surface area (Å²) < 4.78 is 11.8. The molecule has 7 nitrogen and oxygen atoms in total. The zero-order chi connectivity index (χ0) is 23.9. The maximum atomic E-state index is 12.9. The highest BCUT2D eigenvalue weighted by molar-refractivity contribution is 7.09. The van der Waals surface area contributed by atoms with E-state index in [9.17, 15) is 9.59 Å². The number of carboxylic acids is 1. The number of halogens is 1. The van der Waals surface area contributed by atoms with Crippen LogP contribution in [0.5, 0.6) is 17.2 Å². The molecule has 1 amide bonds. The molecule has 0 aliphatic rings. The third-order valence-electron chi connectivity index (χ3n) is 4.64. The summed E-state index contributed by atoms with van der Waals surface area (Å²) in [5.74, 6) is 0.122. The average molecular weight is 495 g/mol. The normalized spacial score (nSPS) is 10.5. The van der Waals surface area contributed by atoms with Crippen molar-refractivity contribution in [3.05, 3.63) is 99.3 Å². The lowest BCUT2D eigenvalue weighted by molar-refractivity contribution is 0.0696. The van der Waals surface area contributed by atoms with E-state index in [4.69, 9.17) is 26.2 Å².